The molecule has 0 aromatic heterocycles. The third-order valence-electron chi connectivity index (χ3n) is 2.74. The first-order chi connectivity index (χ1) is 8.58. The van der Waals surface area contributed by atoms with Crippen molar-refractivity contribution >= 4 is 34.5 Å². The molecule has 96 valence electrons. The fraction of sp³-hybridized carbons (Fsp3) is 0.333. The van der Waals surface area contributed by atoms with Gasteiger partial charge in [-0.2, -0.15) is 0 Å². The molecule has 18 heavy (non-hydrogen) atoms. The van der Waals surface area contributed by atoms with Gasteiger partial charge in [0.1, 0.15) is 5.75 Å². The normalized spacial score (nSPS) is 13.9. The fourth-order valence-electron chi connectivity index (χ4n) is 1.54. The highest BCUT2D eigenvalue weighted by molar-refractivity contribution is 14.1. The van der Waals surface area contributed by atoms with Crippen LogP contribution in [0.3, 0.4) is 0 Å². The summed E-state index contributed by atoms with van der Waals surface area (Å²) in [6.45, 7) is 1.53. The van der Waals surface area contributed by atoms with Crippen LogP contribution in [0.1, 0.15) is 16.8 Å². The molecule has 2 rings (SSSR count). The Morgan fingerprint density at radius 2 is 2.11 bits per heavy atom. The smallest absolute Gasteiger partial charge is 0.335 e. The number of likely N-dealkylation sites (tertiary alicyclic amines) is 1. The number of halogens is 1. The number of amides is 1. The van der Waals surface area contributed by atoms with Crippen molar-refractivity contribution in [3.05, 3.63) is 27.3 Å². The van der Waals surface area contributed by atoms with E-state index in [1.807, 2.05) is 22.6 Å². The summed E-state index contributed by atoms with van der Waals surface area (Å²) in [6.07, 6.45) is 1.04. The molecule has 0 radical (unpaired) electrons. The van der Waals surface area contributed by atoms with Crippen molar-refractivity contribution in [2.45, 2.75) is 6.42 Å². The highest BCUT2D eigenvalue weighted by atomic mass is 127. The van der Waals surface area contributed by atoms with Crippen LogP contribution < -0.4 is 4.74 Å². The molecule has 1 N–H and O–H groups in total. The SMILES string of the molecule is O=C(O)c1ccc(I)c(OCC(=O)N2CCC2)c1. The van der Waals surface area contributed by atoms with Crippen LogP contribution in [0.4, 0.5) is 0 Å². The van der Waals surface area contributed by atoms with Crippen LogP contribution >= 0.6 is 22.6 Å². The van der Waals surface area contributed by atoms with E-state index in [1.54, 1.807) is 11.0 Å². The zero-order valence-corrected chi connectivity index (χ0v) is 11.7. The number of carboxylic acid groups (broad SMARTS) is 1. The highest BCUT2D eigenvalue weighted by Crippen LogP contribution is 2.22. The Balaban J connectivity index is 2.01. The second-order valence-corrected chi connectivity index (χ2v) is 5.14. The number of aromatic carboxylic acids is 1. The number of rotatable bonds is 4. The van der Waals surface area contributed by atoms with Gasteiger partial charge in [-0.25, -0.2) is 4.79 Å². The van der Waals surface area contributed by atoms with Crippen molar-refractivity contribution in [2.24, 2.45) is 0 Å². The number of nitrogens with zero attached hydrogens (tertiary/aromatic N) is 1. The number of carbonyl (C=O) groups excluding carboxylic acids is 1. The number of hydrogen-bond donors (Lipinski definition) is 1. The average molecular weight is 361 g/mol. The van der Waals surface area contributed by atoms with Gasteiger partial charge in [-0.1, -0.05) is 0 Å². The summed E-state index contributed by atoms with van der Waals surface area (Å²) < 4.78 is 6.17. The Hall–Kier alpha value is -1.31. The third kappa shape index (κ3) is 2.92. The molecule has 0 bridgehead atoms. The van der Waals surface area contributed by atoms with Gasteiger partial charge in [0.15, 0.2) is 6.61 Å². The van der Waals surface area contributed by atoms with Crippen LogP contribution in [0.2, 0.25) is 0 Å². The molecule has 0 unspecified atom stereocenters. The van der Waals surface area contributed by atoms with E-state index in [4.69, 9.17) is 9.84 Å². The van der Waals surface area contributed by atoms with E-state index in [1.165, 1.54) is 12.1 Å². The number of hydrogen-bond acceptors (Lipinski definition) is 3. The first-order valence-electron chi connectivity index (χ1n) is 5.51. The molecule has 6 heteroatoms. The van der Waals surface area contributed by atoms with Crippen LogP contribution in [0, 0.1) is 3.57 Å². The molecule has 0 spiro atoms. The molecule has 5 nitrogen and oxygen atoms in total. The summed E-state index contributed by atoms with van der Waals surface area (Å²) in [5.41, 5.74) is 0.154. The van der Waals surface area contributed by atoms with Gasteiger partial charge in [0.05, 0.1) is 9.13 Å². The van der Waals surface area contributed by atoms with E-state index < -0.39 is 5.97 Å². The third-order valence-corrected chi connectivity index (χ3v) is 3.63. The maximum Gasteiger partial charge on any atom is 0.335 e. The molecule has 1 aromatic carbocycles. The van der Waals surface area contributed by atoms with Gasteiger partial charge in [-0.15, -0.1) is 0 Å². The molecule has 1 aromatic rings. The van der Waals surface area contributed by atoms with Gasteiger partial charge in [-0.05, 0) is 47.2 Å². The van der Waals surface area contributed by atoms with Crippen molar-refractivity contribution in [2.75, 3.05) is 19.7 Å². The lowest BCUT2D eigenvalue weighted by atomic mass is 10.2. The van der Waals surface area contributed by atoms with E-state index in [9.17, 15) is 9.59 Å². The quantitative estimate of drug-likeness (QED) is 0.828. The Bertz CT molecular complexity index is 485. The molecular formula is C12H12INO4. The van der Waals surface area contributed by atoms with Gasteiger partial charge in [0.2, 0.25) is 0 Å². The van der Waals surface area contributed by atoms with Crippen molar-refractivity contribution < 1.29 is 19.4 Å². The summed E-state index contributed by atoms with van der Waals surface area (Å²) in [5, 5.41) is 8.88. The maximum absolute atomic E-state index is 11.6. The molecule has 1 fully saturated rings. The lowest BCUT2D eigenvalue weighted by molar-refractivity contribution is -0.136. The highest BCUT2D eigenvalue weighted by Gasteiger charge is 2.20. The van der Waals surface area contributed by atoms with Gasteiger partial charge < -0.3 is 14.7 Å². The van der Waals surface area contributed by atoms with Gasteiger partial charge in [-0.3, -0.25) is 4.79 Å². The monoisotopic (exact) mass is 361 g/mol. The van der Waals surface area contributed by atoms with E-state index >= 15 is 0 Å². The van der Waals surface area contributed by atoms with E-state index in [0.29, 0.717) is 5.75 Å². The minimum Gasteiger partial charge on any atom is -0.483 e. The molecule has 1 amide bonds. The molecule has 0 aliphatic carbocycles. The van der Waals surface area contributed by atoms with E-state index in [-0.39, 0.29) is 18.1 Å². The average Bonchev–Trinajstić information content (AvgIpc) is 2.25. The molecule has 1 aliphatic rings. The topological polar surface area (TPSA) is 66.8 Å². The maximum atomic E-state index is 11.6. The van der Waals surface area contributed by atoms with Crippen molar-refractivity contribution in [3.8, 4) is 5.75 Å². The largest absolute Gasteiger partial charge is 0.483 e. The first-order valence-corrected chi connectivity index (χ1v) is 6.59. The summed E-state index contributed by atoms with van der Waals surface area (Å²) in [7, 11) is 0. The summed E-state index contributed by atoms with van der Waals surface area (Å²) >= 11 is 2.05. The molecular weight excluding hydrogens is 349 g/mol. The van der Waals surface area contributed by atoms with E-state index in [2.05, 4.69) is 0 Å². The summed E-state index contributed by atoms with van der Waals surface area (Å²) in [4.78, 5) is 24.2. The molecule has 0 saturated carbocycles. The Labute approximate surface area is 118 Å². The number of benzene rings is 1. The molecule has 1 heterocycles. The summed E-state index contributed by atoms with van der Waals surface area (Å²) in [6, 6.07) is 4.61. The number of ether oxygens (including phenoxy) is 1. The van der Waals surface area contributed by atoms with E-state index in [0.717, 1.165) is 23.1 Å². The van der Waals surface area contributed by atoms with Crippen molar-refractivity contribution in [3.63, 3.8) is 0 Å². The molecule has 0 atom stereocenters. The predicted octanol–water partition coefficient (Wildman–Crippen LogP) is 1.60. The van der Waals surface area contributed by atoms with Crippen molar-refractivity contribution in [1.82, 2.24) is 4.90 Å². The van der Waals surface area contributed by atoms with Crippen LogP contribution in [-0.2, 0) is 4.79 Å². The number of carboxylic acids is 1. The number of carbonyl (C=O) groups is 2. The van der Waals surface area contributed by atoms with Crippen molar-refractivity contribution in [1.29, 1.82) is 0 Å². The standard InChI is InChI=1S/C12H12INO4/c13-9-3-2-8(12(16)17)6-10(9)18-7-11(15)14-4-1-5-14/h2-3,6H,1,4-5,7H2,(H,16,17). The first kappa shape index (κ1) is 13.1. The Kier molecular flexibility index (Phi) is 4.05. The Morgan fingerprint density at radius 3 is 2.67 bits per heavy atom. The minimum absolute atomic E-state index is 0.0426. The minimum atomic E-state index is -1.01. The zero-order chi connectivity index (χ0) is 13.1. The second kappa shape index (κ2) is 5.55. The van der Waals surface area contributed by atoms with Crippen LogP contribution in [0.25, 0.3) is 0 Å². The lowest BCUT2D eigenvalue weighted by Gasteiger charge is -2.30. The summed E-state index contributed by atoms with van der Waals surface area (Å²) in [5.74, 6) is -0.632. The Morgan fingerprint density at radius 1 is 1.39 bits per heavy atom. The zero-order valence-electron chi connectivity index (χ0n) is 9.56. The predicted molar refractivity (Wildman–Crippen MR) is 72.8 cm³/mol. The lowest BCUT2D eigenvalue weighted by Crippen LogP contribution is -2.44. The van der Waals surface area contributed by atoms with Crippen LogP contribution in [-0.4, -0.2) is 41.6 Å². The van der Waals surface area contributed by atoms with Crippen LogP contribution in [0.15, 0.2) is 18.2 Å². The van der Waals surface area contributed by atoms with Gasteiger partial charge >= 0.3 is 5.97 Å². The van der Waals surface area contributed by atoms with Gasteiger partial charge in [0.25, 0.3) is 5.91 Å². The second-order valence-electron chi connectivity index (χ2n) is 3.97. The fourth-order valence-corrected chi connectivity index (χ4v) is 2.03. The molecule has 1 saturated heterocycles. The molecule has 1 aliphatic heterocycles. The van der Waals surface area contributed by atoms with Gasteiger partial charge in [0, 0.05) is 13.1 Å². The van der Waals surface area contributed by atoms with Crippen LogP contribution in [0.5, 0.6) is 5.75 Å².